The topological polar surface area (TPSA) is 103 Å². The highest BCUT2D eigenvalue weighted by Crippen LogP contribution is 2.39. The Hall–Kier alpha value is -3.69. The lowest BCUT2D eigenvalue weighted by Gasteiger charge is -2.20. The van der Waals surface area contributed by atoms with Crippen molar-refractivity contribution >= 4 is 44.7 Å². The average Bonchev–Trinajstić information content (AvgIpc) is 3.65. The van der Waals surface area contributed by atoms with Crippen LogP contribution in [-0.2, 0) is 34.1 Å². The van der Waals surface area contributed by atoms with Crippen molar-refractivity contribution in [1.82, 2.24) is 9.88 Å². The van der Waals surface area contributed by atoms with Crippen molar-refractivity contribution in [2.75, 3.05) is 35.8 Å². The minimum Gasteiger partial charge on any atom is -0.358 e. The van der Waals surface area contributed by atoms with Gasteiger partial charge in [0.15, 0.2) is 5.78 Å². The monoisotopic (exact) mass is 572 g/mol. The molecule has 2 aliphatic heterocycles. The maximum absolute atomic E-state index is 13.7. The number of aryl methyl sites for hydroxylation is 1. The zero-order valence-corrected chi connectivity index (χ0v) is 24.4. The lowest BCUT2D eigenvalue weighted by Crippen LogP contribution is -2.29. The molecule has 0 atom stereocenters. The number of carbonyl (C=O) groups excluding carboxylic acids is 2. The molecule has 0 radical (unpaired) electrons. The summed E-state index contributed by atoms with van der Waals surface area (Å²) in [5.74, 6) is -0.130. The van der Waals surface area contributed by atoms with Gasteiger partial charge in [-0.2, -0.15) is 0 Å². The SMILES string of the molecule is CCN(CC)CCCc1c(/C=C2\C(=O)Nc3ccc(S(=O)(=O)N4CCc5ccccc54)cc32)[nH]c2c1C(=O)CCC2. The van der Waals surface area contributed by atoms with Crippen LogP contribution in [0.3, 0.4) is 0 Å². The van der Waals surface area contributed by atoms with Gasteiger partial charge in [0, 0.05) is 41.2 Å². The van der Waals surface area contributed by atoms with Gasteiger partial charge in [-0.15, -0.1) is 0 Å². The van der Waals surface area contributed by atoms with Crippen molar-refractivity contribution in [3.8, 4) is 0 Å². The van der Waals surface area contributed by atoms with Crippen LogP contribution >= 0.6 is 0 Å². The number of benzene rings is 2. The van der Waals surface area contributed by atoms with E-state index in [4.69, 9.17) is 0 Å². The number of hydrogen-bond donors (Lipinski definition) is 2. The molecule has 1 aromatic heterocycles. The third-order valence-corrected chi connectivity index (χ3v) is 10.4. The third kappa shape index (κ3) is 4.91. The summed E-state index contributed by atoms with van der Waals surface area (Å²) in [6.45, 7) is 7.56. The molecule has 1 aliphatic carbocycles. The van der Waals surface area contributed by atoms with Crippen molar-refractivity contribution in [1.29, 1.82) is 0 Å². The molecule has 6 rings (SSSR count). The first-order valence-corrected chi connectivity index (χ1v) is 16.0. The van der Waals surface area contributed by atoms with Crippen molar-refractivity contribution in [3.05, 3.63) is 76.1 Å². The number of nitrogens with one attached hydrogen (secondary N) is 2. The Morgan fingerprint density at radius 2 is 1.83 bits per heavy atom. The first kappa shape index (κ1) is 27.5. The maximum Gasteiger partial charge on any atom is 0.264 e. The molecule has 41 heavy (non-hydrogen) atoms. The number of para-hydroxylation sites is 1. The van der Waals surface area contributed by atoms with Gasteiger partial charge >= 0.3 is 0 Å². The second-order valence-electron chi connectivity index (χ2n) is 11.0. The zero-order valence-electron chi connectivity index (χ0n) is 23.6. The van der Waals surface area contributed by atoms with E-state index in [2.05, 4.69) is 29.0 Å². The molecule has 0 fully saturated rings. The van der Waals surface area contributed by atoms with Gasteiger partial charge in [0.05, 0.1) is 16.2 Å². The number of anilines is 2. The second-order valence-corrected chi connectivity index (χ2v) is 12.8. The first-order chi connectivity index (χ1) is 19.8. The zero-order chi connectivity index (χ0) is 28.7. The summed E-state index contributed by atoms with van der Waals surface area (Å²) in [4.78, 5) is 32.2. The number of ketones is 1. The Morgan fingerprint density at radius 1 is 1.02 bits per heavy atom. The van der Waals surface area contributed by atoms with E-state index in [-0.39, 0.29) is 16.6 Å². The van der Waals surface area contributed by atoms with Crippen molar-refractivity contribution in [2.45, 2.75) is 57.3 Å². The van der Waals surface area contributed by atoms with E-state index in [1.54, 1.807) is 24.3 Å². The Morgan fingerprint density at radius 3 is 2.63 bits per heavy atom. The molecule has 0 saturated carbocycles. The Kier molecular flexibility index (Phi) is 7.34. The second kappa shape index (κ2) is 10.9. The van der Waals surface area contributed by atoms with Crippen LogP contribution in [-0.4, -0.2) is 56.2 Å². The van der Waals surface area contributed by atoms with Gasteiger partial charge in [0.25, 0.3) is 15.9 Å². The van der Waals surface area contributed by atoms with E-state index < -0.39 is 10.0 Å². The van der Waals surface area contributed by atoms with Gasteiger partial charge in [-0.3, -0.25) is 13.9 Å². The van der Waals surface area contributed by atoms with Crippen LogP contribution in [0, 0.1) is 0 Å². The number of aromatic nitrogens is 1. The van der Waals surface area contributed by atoms with E-state index in [0.29, 0.717) is 41.9 Å². The number of rotatable bonds is 9. The number of sulfonamides is 1. The van der Waals surface area contributed by atoms with Crippen molar-refractivity contribution < 1.29 is 18.0 Å². The van der Waals surface area contributed by atoms with Crippen LogP contribution in [0.4, 0.5) is 11.4 Å². The summed E-state index contributed by atoms with van der Waals surface area (Å²) in [5, 5.41) is 2.89. The number of carbonyl (C=O) groups is 2. The molecule has 8 nitrogen and oxygen atoms in total. The molecule has 9 heteroatoms. The minimum absolute atomic E-state index is 0.149. The van der Waals surface area contributed by atoms with Crippen LogP contribution in [0.1, 0.15) is 71.5 Å². The van der Waals surface area contributed by atoms with Gasteiger partial charge in [0.2, 0.25) is 0 Å². The first-order valence-electron chi connectivity index (χ1n) is 14.6. The number of hydrogen-bond acceptors (Lipinski definition) is 5. The van der Waals surface area contributed by atoms with Crippen molar-refractivity contribution in [3.63, 3.8) is 0 Å². The number of nitrogens with zero attached hydrogens (tertiary/aromatic N) is 2. The molecule has 3 aliphatic rings. The standard InChI is InChI=1S/C32H36N4O4S/c1-3-35(4-2)17-8-10-23-28(33-27-11-7-13-30(37)31(23)27)20-25-24-19-22(14-15-26(24)34-32(25)38)41(39,40)36-18-16-21-9-5-6-12-29(21)36/h5-6,9,12,14-15,19-20,33H,3-4,7-8,10-11,13,16-18H2,1-2H3,(H,34,38)/b25-20-. The molecule has 0 saturated heterocycles. The summed E-state index contributed by atoms with van der Waals surface area (Å²) < 4.78 is 28.9. The number of H-pyrrole nitrogens is 1. The highest BCUT2D eigenvalue weighted by Gasteiger charge is 2.33. The molecular formula is C32H36N4O4S. The quantitative estimate of drug-likeness (QED) is 0.349. The smallest absolute Gasteiger partial charge is 0.264 e. The van der Waals surface area contributed by atoms with Crippen LogP contribution < -0.4 is 9.62 Å². The van der Waals surface area contributed by atoms with E-state index in [1.165, 1.54) is 4.31 Å². The Bertz CT molecular complexity index is 1670. The lowest BCUT2D eigenvalue weighted by molar-refractivity contribution is -0.110. The Labute approximate surface area is 241 Å². The molecule has 214 valence electrons. The summed E-state index contributed by atoms with van der Waals surface area (Å²) in [7, 11) is -3.82. The highest BCUT2D eigenvalue weighted by molar-refractivity contribution is 7.92. The number of aromatic amines is 1. The van der Waals surface area contributed by atoms with Crippen LogP contribution in [0.5, 0.6) is 0 Å². The Balaban J connectivity index is 1.37. The highest BCUT2D eigenvalue weighted by atomic mass is 32.2. The summed E-state index contributed by atoms with van der Waals surface area (Å²) in [6, 6.07) is 12.4. The predicted molar refractivity (Wildman–Crippen MR) is 162 cm³/mol. The van der Waals surface area contributed by atoms with Crippen LogP contribution in [0.15, 0.2) is 47.4 Å². The predicted octanol–water partition coefficient (Wildman–Crippen LogP) is 5.05. The molecule has 0 unspecified atom stereocenters. The molecule has 2 aromatic carbocycles. The molecule has 3 aromatic rings. The molecule has 0 bridgehead atoms. The lowest BCUT2D eigenvalue weighted by atomic mass is 9.91. The normalized spacial score (nSPS) is 17.2. The fourth-order valence-electron chi connectivity index (χ4n) is 6.39. The van der Waals surface area contributed by atoms with E-state index in [0.717, 1.165) is 73.4 Å². The molecule has 1 amide bonds. The van der Waals surface area contributed by atoms with Gasteiger partial charge in [-0.25, -0.2) is 8.42 Å². The van der Waals surface area contributed by atoms with E-state index >= 15 is 0 Å². The van der Waals surface area contributed by atoms with E-state index in [9.17, 15) is 18.0 Å². The van der Waals surface area contributed by atoms with Gasteiger partial charge in [-0.1, -0.05) is 32.0 Å². The third-order valence-electron chi connectivity index (χ3n) is 8.61. The van der Waals surface area contributed by atoms with Gasteiger partial charge in [-0.05, 0) is 93.2 Å². The number of fused-ring (bicyclic) bond motifs is 3. The fraction of sp³-hybridized carbons (Fsp3) is 0.375. The summed E-state index contributed by atoms with van der Waals surface area (Å²) in [6.07, 6.45) is 6.25. The minimum atomic E-state index is -3.82. The maximum atomic E-state index is 13.7. The van der Waals surface area contributed by atoms with Crippen LogP contribution in [0.25, 0.3) is 11.6 Å². The van der Waals surface area contributed by atoms with Crippen LogP contribution in [0.2, 0.25) is 0 Å². The molecule has 0 spiro atoms. The number of amides is 1. The average molecular weight is 573 g/mol. The number of Topliss-reactive ketones (excluding diaryl/α,β-unsaturated/α-hetero) is 1. The molecule has 3 heterocycles. The summed E-state index contributed by atoms with van der Waals surface area (Å²) in [5.41, 5.74) is 6.69. The fourth-order valence-corrected chi connectivity index (χ4v) is 7.92. The van der Waals surface area contributed by atoms with Gasteiger partial charge < -0.3 is 15.2 Å². The van der Waals surface area contributed by atoms with Crippen molar-refractivity contribution in [2.24, 2.45) is 0 Å². The van der Waals surface area contributed by atoms with Gasteiger partial charge in [0.1, 0.15) is 0 Å². The summed E-state index contributed by atoms with van der Waals surface area (Å²) >= 11 is 0. The van der Waals surface area contributed by atoms with E-state index in [1.807, 2.05) is 24.3 Å². The largest absolute Gasteiger partial charge is 0.358 e. The molecular weight excluding hydrogens is 536 g/mol. The molecule has 2 N–H and O–H groups in total.